The quantitative estimate of drug-likeness (QED) is 0.924. The van der Waals surface area contributed by atoms with Crippen LogP contribution in [-0.2, 0) is 6.54 Å². The molecule has 0 atom stereocenters. The first-order valence-corrected chi connectivity index (χ1v) is 6.76. The molecule has 1 aliphatic rings. The molecule has 0 unspecified atom stereocenters. The van der Waals surface area contributed by atoms with Crippen LogP contribution in [0.3, 0.4) is 0 Å². The molecule has 2 N–H and O–H groups in total. The van der Waals surface area contributed by atoms with Gasteiger partial charge in [-0.05, 0) is 57.3 Å². The van der Waals surface area contributed by atoms with Crippen molar-refractivity contribution in [2.75, 3.05) is 19.6 Å². The smallest absolute Gasteiger partial charge is 0.0233 e. The minimum Gasteiger partial charge on any atom is -0.330 e. The molecule has 0 aliphatic carbocycles. The number of nitrogens with zero attached hydrogens (tertiary/aromatic N) is 1. The lowest BCUT2D eigenvalue weighted by atomic mass is 9.93. The number of nitrogens with two attached hydrogens (primary N) is 1. The van der Waals surface area contributed by atoms with E-state index >= 15 is 0 Å². The molecule has 0 saturated carbocycles. The maximum Gasteiger partial charge on any atom is 0.0233 e. The zero-order chi connectivity index (χ0) is 12.1. The third kappa shape index (κ3) is 6.13. The molecule has 2 nitrogen and oxygen atoms in total. The molecule has 1 aromatic carbocycles. The van der Waals surface area contributed by atoms with E-state index in [-0.39, 0.29) is 24.8 Å². The van der Waals surface area contributed by atoms with Crippen LogP contribution in [0.2, 0.25) is 0 Å². The molecule has 1 fully saturated rings. The summed E-state index contributed by atoms with van der Waals surface area (Å²) in [7, 11) is 0. The highest BCUT2D eigenvalue weighted by molar-refractivity contribution is 5.85. The van der Waals surface area contributed by atoms with Crippen molar-refractivity contribution in [1.29, 1.82) is 0 Å². The second-order valence-electron chi connectivity index (χ2n) is 5.28. The topological polar surface area (TPSA) is 29.3 Å². The predicted molar refractivity (Wildman–Crippen MR) is 87.3 cm³/mol. The molecule has 1 heterocycles. The first kappa shape index (κ1) is 18.7. The fraction of sp³-hybridized carbons (Fsp3) is 0.600. The van der Waals surface area contributed by atoms with Gasteiger partial charge in [-0.25, -0.2) is 0 Å². The SMILES string of the molecule is Cc1ccc(CN2CCC(CCN)CC2)cc1.Cl.Cl. The molecule has 0 aromatic heterocycles. The Labute approximate surface area is 129 Å². The molecular weight excluding hydrogens is 279 g/mol. The molecule has 4 heteroatoms. The number of rotatable bonds is 4. The molecule has 0 spiro atoms. The first-order chi connectivity index (χ1) is 8.28. The Bertz CT molecular complexity index is 333. The van der Waals surface area contributed by atoms with Gasteiger partial charge in [0.15, 0.2) is 0 Å². The van der Waals surface area contributed by atoms with E-state index in [4.69, 9.17) is 5.73 Å². The van der Waals surface area contributed by atoms with E-state index in [0.717, 1.165) is 19.0 Å². The number of likely N-dealkylation sites (tertiary alicyclic amines) is 1. The highest BCUT2D eigenvalue weighted by atomic mass is 35.5. The van der Waals surface area contributed by atoms with Gasteiger partial charge >= 0.3 is 0 Å². The number of aryl methyl sites for hydroxylation is 1. The summed E-state index contributed by atoms with van der Waals surface area (Å²) < 4.78 is 0. The minimum atomic E-state index is 0. The second-order valence-corrected chi connectivity index (χ2v) is 5.28. The van der Waals surface area contributed by atoms with Gasteiger partial charge in [0.2, 0.25) is 0 Å². The van der Waals surface area contributed by atoms with Crippen LogP contribution in [-0.4, -0.2) is 24.5 Å². The highest BCUT2D eigenvalue weighted by Crippen LogP contribution is 2.21. The van der Waals surface area contributed by atoms with Crippen LogP contribution in [0, 0.1) is 12.8 Å². The number of benzene rings is 1. The van der Waals surface area contributed by atoms with Gasteiger partial charge in [-0.3, -0.25) is 4.90 Å². The second kappa shape index (κ2) is 9.60. The van der Waals surface area contributed by atoms with Crippen molar-refractivity contribution in [2.45, 2.75) is 32.7 Å². The summed E-state index contributed by atoms with van der Waals surface area (Å²) in [6.07, 6.45) is 3.85. The normalized spacial score (nSPS) is 16.5. The highest BCUT2D eigenvalue weighted by Gasteiger charge is 2.18. The van der Waals surface area contributed by atoms with Crippen molar-refractivity contribution in [3.63, 3.8) is 0 Å². The van der Waals surface area contributed by atoms with Crippen LogP contribution in [0.5, 0.6) is 0 Å². The molecule has 1 saturated heterocycles. The summed E-state index contributed by atoms with van der Waals surface area (Å²) in [5, 5.41) is 0. The Balaban J connectivity index is 0.00000162. The summed E-state index contributed by atoms with van der Waals surface area (Å²) in [6, 6.07) is 8.91. The fourth-order valence-corrected chi connectivity index (χ4v) is 2.62. The molecule has 110 valence electrons. The van der Waals surface area contributed by atoms with E-state index in [1.165, 1.54) is 43.5 Å². The van der Waals surface area contributed by atoms with Crippen molar-refractivity contribution in [1.82, 2.24) is 4.90 Å². The molecule has 2 rings (SSSR count). The summed E-state index contributed by atoms with van der Waals surface area (Å²) >= 11 is 0. The third-order valence-corrected chi connectivity index (χ3v) is 3.81. The maximum absolute atomic E-state index is 5.62. The lowest BCUT2D eigenvalue weighted by Crippen LogP contribution is -2.33. The van der Waals surface area contributed by atoms with E-state index in [2.05, 4.69) is 36.1 Å². The largest absolute Gasteiger partial charge is 0.330 e. The van der Waals surface area contributed by atoms with Gasteiger partial charge in [-0.1, -0.05) is 29.8 Å². The Morgan fingerprint density at radius 2 is 1.68 bits per heavy atom. The summed E-state index contributed by atoms with van der Waals surface area (Å²) in [5.41, 5.74) is 8.40. The van der Waals surface area contributed by atoms with E-state index in [1.54, 1.807) is 0 Å². The van der Waals surface area contributed by atoms with Crippen LogP contribution < -0.4 is 5.73 Å². The Hall–Kier alpha value is -0.280. The van der Waals surface area contributed by atoms with Gasteiger partial charge in [-0.15, -0.1) is 24.8 Å². The fourth-order valence-electron chi connectivity index (χ4n) is 2.62. The van der Waals surface area contributed by atoms with Crippen molar-refractivity contribution >= 4 is 24.8 Å². The van der Waals surface area contributed by atoms with Gasteiger partial charge in [0.25, 0.3) is 0 Å². The average molecular weight is 305 g/mol. The van der Waals surface area contributed by atoms with Crippen molar-refractivity contribution in [2.24, 2.45) is 11.7 Å². The third-order valence-electron chi connectivity index (χ3n) is 3.81. The van der Waals surface area contributed by atoms with Crippen molar-refractivity contribution in [3.8, 4) is 0 Å². The van der Waals surface area contributed by atoms with E-state index < -0.39 is 0 Å². The standard InChI is InChI=1S/C15H24N2.2ClH/c1-13-2-4-15(5-3-13)12-17-10-7-14(6-9-16)8-11-17;;/h2-5,14H,6-12,16H2,1H3;2*1H. The molecule has 0 amide bonds. The van der Waals surface area contributed by atoms with Crippen LogP contribution in [0.1, 0.15) is 30.4 Å². The predicted octanol–water partition coefficient (Wildman–Crippen LogP) is 3.40. The summed E-state index contributed by atoms with van der Waals surface area (Å²) in [6.45, 7) is 6.57. The number of piperidine rings is 1. The summed E-state index contributed by atoms with van der Waals surface area (Å²) in [5.74, 6) is 0.870. The molecule has 1 aliphatic heterocycles. The zero-order valence-corrected chi connectivity index (χ0v) is 13.3. The van der Waals surface area contributed by atoms with Gasteiger partial charge in [0.1, 0.15) is 0 Å². The first-order valence-electron chi connectivity index (χ1n) is 6.76. The van der Waals surface area contributed by atoms with E-state index in [1.807, 2.05) is 0 Å². The zero-order valence-electron chi connectivity index (χ0n) is 11.7. The molecule has 19 heavy (non-hydrogen) atoms. The lowest BCUT2D eigenvalue weighted by molar-refractivity contribution is 0.173. The Morgan fingerprint density at radius 1 is 1.11 bits per heavy atom. The monoisotopic (exact) mass is 304 g/mol. The van der Waals surface area contributed by atoms with Crippen molar-refractivity contribution < 1.29 is 0 Å². The number of hydrogen-bond donors (Lipinski definition) is 1. The summed E-state index contributed by atoms with van der Waals surface area (Å²) in [4.78, 5) is 2.57. The molecule has 0 radical (unpaired) electrons. The van der Waals surface area contributed by atoms with E-state index in [9.17, 15) is 0 Å². The maximum atomic E-state index is 5.62. The van der Waals surface area contributed by atoms with Gasteiger partial charge < -0.3 is 5.73 Å². The molecular formula is C15H26Cl2N2. The van der Waals surface area contributed by atoms with Gasteiger partial charge in [0.05, 0.1) is 0 Å². The van der Waals surface area contributed by atoms with Crippen LogP contribution in [0.25, 0.3) is 0 Å². The van der Waals surface area contributed by atoms with Crippen molar-refractivity contribution in [3.05, 3.63) is 35.4 Å². The van der Waals surface area contributed by atoms with Crippen LogP contribution in [0.4, 0.5) is 0 Å². The lowest BCUT2D eigenvalue weighted by Gasteiger charge is -2.31. The van der Waals surface area contributed by atoms with Gasteiger partial charge in [-0.2, -0.15) is 0 Å². The average Bonchev–Trinajstić information content (AvgIpc) is 2.35. The van der Waals surface area contributed by atoms with Crippen LogP contribution in [0.15, 0.2) is 24.3 Å². The number of halogens is 2. The number of hydrogen-bond acceptors (Lipinski definition) is 2. The minimum absolute atomic E-state index is 0. The molecule has 1 aromatic rings. The van der Waals surface area contributed by atoms with Gasteiger partial charge in [0, 0.05) is 6.54 Å². The Kier molecular flexibility index (Phi) is 9.46. The molecule has 0 bridgehead atoms. The Morgan fingerprint density at radius 3 is 2.21 bits per heavy atom. The van der Waals surface area contributed by atoms with E-state index in [0.29, 0.717) is 0 Å². The van der Waals surface area contributed by atoms with Crippen LogP contribution >= 0.6 is 24.8 Å².